The van der Waals surface area contributed by atoms with Crippen molar-refractivity contribution in [3.63, 3.8) is 0 Å². The number of carbonyl (C=O) groups is 2. The van der Waals surface area contributed by atoms with E-state index in [1.165, 1.54) is 34.4 Å². The molecule has 2 atom stereocenters. The first kappa shape index (κ1) is 25.5. The number of aliphatic hydroxyl groups is 1. The fraction of sp³-hybridized carbons (Fsp3) is 0.207. The number of hydrogen-bond donors (Lipinski definition) is 1. The molecule has 40 heavy (non-hydrogen) atoms. The minimum absolute atomic E-state index is 0.0230. The number of fused-ring (bicyclic) bond motifs is 2. The number of ketones is 1. The van der Waals surface area contributed by atoms with E-state index in [1.54, 1.807) is 42.5 Å². The Morgan fingerprint density at radius 2 is 2.02 bits per heavy atom. The molecular weight excluding hydrogens is 534 g/mol. The molecule has 0 bridgehead atoms. The van der Waals surface area contributed by atoms with Crippen molar-refractivity contribution in [2.45, 2.75) is 32.4 Å². The van der Waals surface area contributed by atoms with Gasteiger partial charge in [-0.25, -0.2) is 4.98 Å². The van der Waals surface area contributed by atoms with E-state index in [0.29, 0.717) is 41.2 Å². The number of benzene rings is 3. The van der Waals surface area contributed by atoms with Gasteiger partial charge in [-0.3, -0.25) is 24.6 Å². The van der Waals surface area contributed by atoms with Crippen LogP contribution in [0.5, 0.6) is 11.5 Å². The SMILES string of the molecule is CCOc1ccc2nc(N3C(=O)C(=O)C(=C(O)c4ccc5c(c4)C[C@@H](C)O5)[C@@H]3c3cccc([N+](=O)[O-])c3)sc2c1. The van der Waals surface area contributed by atoms with E-state index in [9.17, 15) is 24.8 Å². The standard InChI is InChI=1S/C29H23N3O7S/c1-3-38-20-8-9-21-23(14-20)40-29(30-21)31-25(16-5-4-6-19(13-16)32(36)37)24(27(34)28(31)35)26(33)17-7-10-22-18(12-17)11-15(2)39-22/h4-10,12-15,25,33H,3,11H2,1-2H3/t15-,25+/m1/s1. The number of ether oxygens (including phenoxy) is 2. The lowest BCUT2D eigenvalue weighted by molar-refractivity contribution is -0.384. The molecule has 1 saturated heterocycles. The van der Waals surface area contributed by atoms with Crippen molar-refractivity contribution in [1.29, 1.82) is 0 Å². The molecule has 0 saturated carbocycles. The summed E-state index contributed by atoms with van der Waals surface area (Å²) >= 11 is 1.18. The second-order valence-corrected chi connectivity index (χ2v) is 10.5. The van der Waals surface area contributed by atoms with Crippen molar-refractivity contribution >= 4 is 49.8 Å². The van der Waals surface area contributed by atoms with Gasteiger partial charge in [-0.2, -0.15) is 0 Å². The molecule has 2 aliphatic rings. The van der Waals surface area contributed by atoms with Crippen LogP contribution >= 0.6 is 11.3 Å². The predicted molar refractivity (Wildman–Crippen MR) is 149 cm³/mol. The maximum Gasteiger partial charge on any atom is 0.301 e. The third-order valence-electron chi connectivity index (χ3n) is 6.88. The van der Waals surface area contributed by atoms with Crippen LogP contribution in [0.4, 0.5) is 10.8 Å². The van der Waals surface area contributed by atoms with E-state index in [2.05, 4.69) is 4.98 Å². The first-order valence-electron chi connectivity index (χ1n) is 12.6. The first-order chi connectivity index (χ1) is 19.2. The van der Waals surface area contributed by atoms with Crippen molar-refractivity contribution in [3.05, 3.63) is 93.0 Å². The molecule has 1 fully saturated rings. The van der Waals surface area contributed by atoms with Crippen LogP contribution < -0.4 is 14.4 Å². The summed E-state index contributed by atoms with van der Waals surface area (Å²) in [6.07, 6.45) is 0.610. The lowest BCUT2D eigenvalue weighted by Crippen LogP contribution is -2.29. The fourth-order valence-corrected chi connectivity index (χ4v) is 6.15. The largest absolute Gasteiger partial charge is 0.507 e. The molecule has 6 rings (SSSR count). The molecule has 0 unspecified atom stereocenters. The van der Waals surface area contributed by atoms with Gasteiger partial charge < -0.3 is 14.6 Å². The number of nitrogens with zero attached hydrogens (tertiary/aromatic N) is 3. The lowest BCUT2D eigenvalue weighted by atomic mass is 9.94. The normalized spacial score (nSPS) is 19.6. The Morgan fingerprint density at radius 3 is 2.80 bits per heavy atom. The molecule has 0 aliphatic carbocycles. The molecule has 10 nitrogen and oxygen atoms in total. The third kappa shape index (κ3) is 4.24. The number of amides is 1. The van der Waals surface area contributed by atoms with Gasteiger partial charge in [0.1, 0.15) is 23.4 Å². The molecule has 1 N–H and O–H groups in total. The van der Waals surface area contributed by atoms with Crippen molar-refractivity contribution < 1.29 is 29.1 Å². The number of aromatic nitrogens is 1. The molecule has 1 amide bonds. The van der Waals surface area contributed by atoms with E-state index in [4.69, 9.17) is 9.47 Å². The van der Waals surface area contributed by atoms with E-state index in [0.717, 1.165) is 10.3 Å². The molecule has 3 aromatic carbocycles. The van der Waals surface area contributed by atoms with Crippen LogP contribution in [-0.4, -0.2) is 39.4 Å². The van der Waals surface area contributed by atoms with E-state index < -0.39 is 22.7 Å². The molecule has 11 heteroatoms. The zero-order valence-corrected chi connectivity index (χ0v) is 22.3. The Kier molecular flexibility index (Phi) is 6.22. The minimum atomic E-state index is -1.14. The summed E-state index contributed by atoms with van der Waals surface area (Å²) in [5.74, 6) is -0.842. The number of rotatable bonds is 6. The van der Waals surface area contributed by atoms with Crippen LogP contribution in [0.2, 0.25) is 0 Å². The first-order valence-corrected chi connectivity index (χ1v) is 13.5. The second kappa shape index (κ2) is 9.76. The monoisotopic (exact) mass is 557 g/mol. The summed E-state index contributed by atoms with van der Waals surface area (Å²) < 4.78 is 12.1. The summed E-state index contributed by atoms with van der Waals surface area (Å²) in [6.45, 7) is 4.28. The van der Waals surface area contributed by atoms with Crippen LogP contribution in [0.3, 0.4) is 0 Å². The van der Waals surface area contributed by atoms with E-state index >= 15 is 0 Å². The highest BCUT2D eigenvalue weighted by Gasteiger charge is 2.48. The molecule has 0 radical (unpaired) electrons. The number of thiazole rings is 1. The Hall–Kier alpha value is -4.77. The van der Waals surface area contributed by atoms with Gasteiger partial charge in [-0.15, -0.1) is 0 Å². The Balaban J connectivity index is 1.53. The molecule has 4 aromatic rings. The van der Waals surface area contributed by atoms with Gasteiger partial charge >= 0.3 is 5.91 Å². The number of nitro groups is 1. The van der Waals surface area contributed by atoms with Gasteiger partial charge in [-0.05, 0) is 61.4 Å². The average molecular weight is 558 g/mol. The number of hydrogen-bond acceptors (Lipinski definition) is 9. The second-order valence-electron chi connectivity index (χ2n) is 9.54. The van der Waals surface area contributed by atoms with Crippen molar-refractivity contribution in [1.82, 2.24) is 4.98 Å². The number of aliphatic hydroxyl groups excluding tert-OH is 1. The highest BCUT2D eigenvalue weighted by molar-refractivity contribution is 7.22. The van der Waals surface area contributed by atoms with Crippen LogP contribution in [0.1, 0.15) is 36.6 Å². The van der Waals surface area contributed by atoms with E-state index in [1.807, 2.05) is 13.8 Å². The Bertz CT molecular complexity index is 1740. The van der Waals surface area contributed by atoms with Gasteiger partial charge in [0, 0.05) is 24.1 Å². The zero-order valence-electron chi connectivity index (χ0n) is 21.5. The number of nitro benzene ring substituents is 1. The number of Topliss-reactive ketones (excluding diaryl/α,β-unsaturated/α-hetero) is 1. The number of non-ortho nitro benzene ring substituents is 1. The maximum atomic E-state index is 13.6. The van der Waals surface area contributed by atoms with Crippen LogP contribution in [0, 0.1) is 10.1 Å². The van der Waals surface area contributed by atoms with Gasteiger partial charge in [0.05, 0.1) is 33.4 Å². The number of anilines is 1. The fourth-order valence-electron chi connectivity index (χ4n) is 5.13. The van der Waals surface area contributed by atoms with Gasteiger partial charge in [0.25, 0.3) is 11.5 Å². The average Bonchev–Trinajstić information content (AvgIpc) is 3.60. The van der Waals surface area contributed by atoms with Crippen molar-refractivity contribution in [3.8, 4) is 11.5 Å². The van der Waals surface area contributed by atoms with Gasteiger partial charge in [0.15, 0.2) is 5.13 Å². The highest BCUT2D eigenvalue weighted by Crippen LogP contribution is 2.45. The Labute approximate surface area is 232 Å². The number of carbonyl (C=O) groups excluding carboxylic acids is 2. The third-order valence-corrected chi connectivity index (χ3v) is 7.89. The summed E-state index contributed by atoms with van der Waals surface area (Å²) in [7, 11) is 0. The minimum Gasteiger partial charge on any atom is -0.507 e. The summed E-state index contributed by atoms with van der Waals surface area (Å²) in [4.78, 5) is 43.9. The van der Waals surface area contributed by atoms with E-state index in [-0.39, 0.29) is 28.3 Å². The molecule has 1 aromatic heterocycles. The lowest BCUT2D eigenvalue weighted by Gasteiger charge is -2.22. The molecule has 2 aliphatic heterocycles. The van der Waals surface area contributed by atoms with Crippen LogP contribution in [0.25, 0.3) is 16.0 Å². The van der Waals surface area contributed by atoms with Gasteiger partial charge in [0.2, 0.25) is 0 Å². The van der Waals surface area contributed by atoms with Crippen molar-refractivity contribution in [2.75, 3.05) is 11.5 Å². The molecule has 0 spiro atoms. The van der Waals surface area contributed by atoms with Crippen LogP contribution in [0.15, 0.2) is 66.2 Å². The maximum absolute atomic E-state index is 13.6. The summed E-state index contributed by atoms with van der Waals surface area (Å²) in [5, 5.41) is 23.3. The smallest absolute Gasteiger partial charge is 0.301 e. The van der Waals surface area contributed by atoms with Crippen LogP contribution in [-0.2, 0) is 16.0 Å². The zero-order chi connectivity index (χ0) is 28.1. The molecule has 3 heterocycles. The Morgan fingerprint density at radius 1 is 1.20 bits per heavy atom. The predicted octanol–water partition coefficient (Wildman–Crippen LogP) is 5.55. The molecular formula is C29H23N3O7S. The topological polar surface area (TPSA) is 132 Å². The highest BCUT2D eigenvalue weighted by atomic mass is 32.1. The van der Waals surface area contributed by atoms with Gasteiger partial charge in [-0.1, -0.05) is 23.5 Å². The quantitative estimate of drug-likeness (QED) is 0.107. The summed E-state index contributed by atoms with van der Waals surface area (Å²) in [6, 6.07) is 14.9. The molecule has 202 valence electrons. The summed E-state index contributed by atoms with van der Waals surface area (Å²) in [5.41, 5.74) is 1.71. The van der Waals surface area contributed by atoms with Crippen molar-refractivity contribution in [2.24, 2.45) is 0 Å².